The lowest BCUT2D eigenvalue weighted by Crippen LogP contribution is -2.27. The molecule has 0 spiro atoms. The zero-order valence-electron chi connectivity index (χ0n) is 20.1. The minimum Gasteiger partial charge on any atom is -0.465 e. The molecule has 1 fully saturated rings. The summed E-state index contributed by atoms with van der Waals surface area (Å²) >= 11 is 0. The summed E-state index contributed by atoms with van der Waals surface area (Å²) in [4.78, 5) is 31.1. The molecule has 1 aliphatic heterocycles. The maximum Gasteiger partial charge on any atom is 0.337 e. The number of halogens is 2. The van der Waals surface area contributed by atoms with Gasteiger partial charge in [0.2, 0.25) is 5.56 Å². The van der Waals surface area contributed by atoms with Crippen molar-refractivity contribution in [1.29, 1.82) is 0 Å². The fraction of sp³-hybridized carbons (Fsp3) is 0.296. The summed E-state index contributed by atoms with van der Waals surface area (Å²) in [7, 11) is 1.31. The predicted octanol–water partition coefficient (Wildman–Crippen LogP) is 4.64. The number of esters is 1. The molecule has 2 aromatic heterocycles. The summed E-state index contributed by atoms with van der Waals surface area (Å²) < 4.78 is 42.9. The Balaban J connectivity index is 1.62. The number of ether oxygens (including phenoxy) is 2. The lowest BCUT2D eigenvalue weighted by atomic mass is 9.87. The number of H-pyrrole nitrogens is 1. The zero-order valence-corrected chi connectivity index (χ0v) is 20.1. The molecule has 0 saturated carbocycles. The van der Waals surface area contributed by atoms with Gasteiger partial charge in [-0.1, -0.05) is 19.9 Å². The van der Waals surface area contributed by atoms with Gasteiger partial charge in [0.05, 0.1) is 48.7 Å². The molecule has 9 heteroatoms. The Hall–Kier alpha value is -3.85. The number of nitrogens with one attached hydrogen (secondary N) is 1. The molecule has 1 aliphatic rings. The molecule has 0 unspecified atom stereocenters. The van der Waals surface area contributed by atoms with Crippen LogP contribution in [-0.4, -0.2) is 40.8 Å². The number of hydrogen-bond donors (Lipinski definition) is 1. The predicted molar refractivity (Wildman–Crippen MR) is 130 cm³/mol. The average Bonchev–Trinajstić information content (AvgIpc) is 3.37. The van der Waals surface area contributed by atoms with Gasteiger partial charge >= 0.3 is 5.97 Å². The van der Waals surface area contributed by atoms with Gasteiger partial charge in [-0.2, -0.15) is 0 Å². The van der Waals surface area contributed by atoms with E-state index in [0.29, 0.717) is 35.6 Å². The Labute approximate surface area is 205 Å². The van der Waals surface area contributed by atoms with Crippen LogP contribution in [0.5, 0.6) is 0 Å². The first-order valence-electron chi connectivity index (χ1n) is 11.5. The van der Waals surface area contributed by atoms with Gasteiger partial charge in [0.25, 0.3) is 0 Å². The van der Waals surface area contributed by atoms with Crippen molar-refractivity contribution < 1.29 is 23.0 Å². The normalized spacial score (nSPS) is 17.0. The third-order valence-electron chi connectivity index (χ3n) is 6.69. The van der Waals surface area contributed by atoms with E-state index in [1.165, 1.54) is 25.3 Å². The Bertz CT molecular complexity index is 1540. The molecule has 4 aromatic rings. The van der Waals surface area contributed by atoms with E-state index in [4.69, 9.17) is 14.5 Å². The fourth-order valence-electron chi connectivity index (χ4n) is 4.74. The summed E-state index contributed by atoms with van der Waals surface area (Å²) in [6.07, 6.45) is 0.0170. The number of imidazole rings is 1. The number of carbonyl (C=O) groups excluding carboxylic acids is 1. The second-order valence-electron chi connectivity index (χ2n) is 9.64. The highest BCUT2D eigenvalue weighted by Gasteiger charge is 2.39. The van der Waals surface area contributed by atoms with Crippen molar-refractivity contribution in [1.82, 2.24) is 14.5 Å². The van der Waals surface area contributed by atoms with Crippen LogP contribution in [-0.2, 0) is 15.9 Å². The molecule has 186 valence electrons. The average molecular weight is 494 g/mol. The van der Waals surface area contributed by atoms with E-state index in [2.05, 4.69) is 18.8 Å². The van der Waals surface area contributed by atoms with Gasteiger partial charge in [0.1, 0.15) is 17.5 Å². The molecule has 7 nitrogen and oxygen atoms in total. The van der Waals surface area contributed by atoms with Crippen molar-refractivity contribution in [2.45, 2.75) is 26.3 Å². The molecule has 0 amide bonds. The first-order chi connectivity index (χ1) is 17.2. The number of methoxy groups -OCH3 is 1. The van der Waals surface area contributed by atoms with Crippen molar-refractivity contribution in [2.75, 3.05) is 20.3 Å². The molecular weight excluding hydrogens is 468 g/mol. The van der Waals surface area contributed by atoms with Crippen molar-refractivity contribution in [3.05, 3.63) is 87.5 Å². The fourth-order valence-corrected chi connectivity index (χ4v) is 4.74. The SMILES string of the molecule is COC(=O)c1ccc2nc(Cc3cc(F)c(-c4cccc(=O)[nH]4)cc3F)n([C@@H]3COCC3(C)C)c2c1. The van der Waals surface area contributed by atoms with Crippen LogP contribution in [0.1, 0.15) is 41.6 Å². The minimum atomic E-state index is -0.659. The van der Waals surface area contributed by atoms with E-state index >= 15 is 8.78 Å². The van der Waals surface area contributed by atoms with Crippen LogP contribution in [0.3, 0.4) is 0 Å². The maximum absolute atomic E-state index is 15.3. The first-order valence-corrected chi connectivity index (χ1v) is 11.5. The van der Waals surface area contributed by atoms with Crippen LogP contribution in [0.15, 0.2) is 53.3 Å². The number of aromatic amines is 1. The summed E-state index contributed by atoms with van der Waals surface area (Å²) in [6.45, 7) is 5.09. The smallest absolute Gasteiger partial charge is 0.337 e. The molecule has 3 heterocycles. The third kappa shape index (κ3) is 4.19. The molecule has 1 N–H and O–H groups in total. The Morgan fingerprint density at radius 3 is 2.69 bits per heavy atom. The number of aromatic nitrogens is 3. The van der Waals surface area contributed by atoms with Gasteiger partial charge in [-0.05, 0) is 42.0 Å². The Morgan fingerprint density at radius 2 is 2.00 bits per heavy atom. The van der Waals surface area contributed by atoms with E-state index in [0.717, 1.165) is 12.1 Å². The summed E-state index contributed by atoms with van der Waals surface area (Å²) in [5.41, 5.74) is 1.31. The second-order valence-corrected chi connectivity index (χ2v) is 9.64. The van der Waals surface area contributed by atoms with Crippen molar-refractivity contribution in [2.24, 2.45) is 5.41 Å². The van der Waals surface area contributed by atoms with Crippen LogP contribution in [0.2, 0.25) is 0 Å². The van der Waals surface area contributed by atoms with Crippen molar-refractivity contribution in [3.63, 3.8) is 0 Å². The van der Waals surface area contributed by atoms with Gasteiger partial charge in [-0.15, -0.1) is 0 Å². The lowest BCUT2D eigenvalue weighted by Gasteiger charge is -2.28. The molecule has 1 saturated heterocycles. The third-order valence-corrected chi connectivity index (χ3v) is 6.69. The van der Waals surface area contributed by atoms with E-state index in [9.17, 15) is 9.59 Å². The molecule has 0 bridgehead atoms. The van der Waals surface area contributed by atoms with Crippen LogP contribution >= 0.6 is 0 Å². The molecule has 2 aromatic carbocycles. The number of benzene rings is 2. The molecule has 36 heavy (non-hydrogen) atoms. The number of fused-ring (bicyclic) bond motifs is 1. The van der Waals surface area contributed by atoms with Crippen molar-refractivity contribution >= 4 is 17.0 Å². The zero-order chi connectivity index (χ0) is 25.6. The van der Waals surface area contributed by atoms with E-state index in [1.807, 2.05) is 4.57 Å². The summed E-state index contributed by atoms with van der Waals surface area (Å²) in [5.74, 6) is -1.23. The van der Waals surface area contributed by atoms with Gasteiger partial charge in [0, 0.05) is 23.5 Å². The number of carbonyl (C=O) groups is 1. The largest absolute Gasteiger partial charge is 0.465 e. The van der Waals surface area contributed by atoms with E-state index < -0.39 is 23.2 Å². The number of hydrogen-bond acceptors (Lipinski definition) is 5. The standard InChI is InChI=1S/C27H25F2N3O4/c1-27(2)14-36-13-23(27)32-22-10-15(26(34)35-3)7-8-21(22)30-24(32)11-16-9-19(29)17(12-18(16)28)20-5-4-6-25(33)31-20/h4-10,12,23H,11,13-14H2,1-3H3,(H,31,33)/t23-/m1/s1. The van der Waals surface area contributed by atoms with Crippen LogP contribution < -0.4 is 5.56 Å². The van der Waals surface area contributed by atoms with Crippen molar-refractivity contribution in [3.8, 4) is 11.3 Å². The monoisotopic (exact) mass is 493 g/mol. The Kier molecular flexibility index (Phi) is 5.96. The molecule has 0 aliphatic carbocycles. The highest BCUT2D eigenvalue weighted by Crippen LogP contribution is 2.40. The van der Waals surface area contributed by atoms with Gasteiger partial charge in [-0.3, -0.25) is 4.79 Å². The number of rotatable bonds is 5. The van der Waals surface area contributed by atoms with E-state index in [1.54, 1.807) is 18.2 Å². The molecular formula is C27H25F2N3O4. The molecule has 0 radical (unpaired) electrons. The molecule has 5 rings (SSSR count). The highest BCUT2D eigenvalue weighted by molar-refractivity contribution is 5.93. The minimum absolute atomic E-state index is 0.0170. The van der Waals surface area contributed by atoms with Gasteiger partial charge in [0.15, 0.2) is 0 Å². The first kappa shape index (κ1) is 23.9. The Morgan fingerprint density at radius 1 is 1.19 bits per heavy atom. The van der Waals surface area contributed by atoms with Crippen LogP contribution in [0.4, 0.5) is 8.78 Å². The quantitative estimate of drug-likeness (QED) is 0.409. The summed E-state index contributed by atoms with van der Waals surface area (Å²) in [6, 6.07) is 11.4. The van der Waals surface area contributed by atoms with E-state index in [-0.39, 0.29) is 34.7 Å². The number of nitrogens with zero attached hydrogens (tertiary/aromatic N) is 2. The van der Waals surface area contributed by atoms with Crippen LogP contribution in [0, 0.1) is 17.0 Å². The summed E-state index contributed by atoms with van der Waals surface area (Å²) in [5, 5.41) is 0. The number of pyridine rings is 1. The van der Waals surface area contributed by atoms with Gasteiger partial charge in [-0.25, -0.2) is 18.6 Å². The maximum atomic E-state index is 15.3. The topological polar surface area (TPSA) is 86.2 Å². The van der Waals surface area contributed by atoms with Crippen LogP contribution in [0.25, 0.3) is 22.3 Å². The van der Waals surface area contributed by atoms with Gasteiger partial charge < -0.3 is 19.0 Å². The molecule has 1 atom stereocenters. The highest BCUT2D eigenvalue weighted by atomic mass is 19.1. The lowest BCUT2D eigenvalue weighted by molar-refractivity contribution is 0.0601. The second kappa shape index (κ2) is 8.98.